The minimum absolute atomic E-state index is 0.0539. The Morgan fingerprint density at radius 1 is 1.17 bits per heavy atom. The normalized spacial score (nSPS) is 11.2. The van der Waals surface area contributed by atoms with Crippen molar-refractivity contribution in [3.05, 3.63) is 75.2 Å². The van der Waals surface area contributed by atoms with Gasteiger partial charge >= 0.3 is 0 Å². The van der Waals surface area contributed by atoms with Gasteiger partial charge in [-0.2, -0.15) is 4.98 Å². The van der Waals surface area contributed by atoms with E-state index in [1.54, 1.807) is 15.9 Å². The monoisotopic (exact) mass is 437 g/mol. The average molecular weight is 438 g/mol. The highest BCUT2D eigenvalue weighted by atomic mass is 32.2. The summed E-state index contributed by atoms with van der Waals surface area (Å²) in [6, 6.07) is 13.9. The lowest BCUT2D eigenvalue weighted by atomic mass is 10.1. The molecule has 8 heteroatoms. The molecule has 0 fully saturated rings. The second kappa shape index (κ2) is 8.97. The van der Waals surface area contributed by atoms with Crippen LogP contribution in [-0.2, 0) is 12.3 Å². The SMILES string of the molecule is CCN(Cc1cccs1)C(=O)c1ccccc1CSc1nc2nc(C)cc(C)n2n1. The highest BCUT2D eigenvalue weighted by Gasteiger charge is 2.19. The molecule has 0 aliphatic carbocycles. The van der Waals surface area contributed by atoms with Crippen LogP contribution < -0.4 is 0 Å². The van der Waals surface area contributed by atoms with Gasteiger partial charge in [0.1, 0.15) is 0 Å². The molecule has 1 amide bonds. The molecule has 0 saturated heterocycles. The molecule has 0 N–H and O–H groups in total. The predicted octanol–water partition coefficient (Wildman–Crippen LogP) is 4.76. The third-order valence-electron chi connectivity index (χ3n) is 4.80. The molecule has 1 aromatic carbocycles. The highest BCUT2D eigenvalue weighted by molar-refractivity contribution is 7.98. The molecule has 0 radical (unpaired) electrons. The molecular formula is C22H23N5OS2. The first-order valence-electron chi connectivity index (χ1n) is 9.78. The van der Waals surface area contributed by atoms with Gasteiger partial charge in [0.15, 0.2) is 0 Å². The van der Waals surface area contributed by atoms with Gasteiger partial charge in [-0.3, -0.25) is 4.79 Å². The van der Waals surface area contributed by atoms with Gasteiger partial charge in [-0.05, 0) is 49.9 Å². The summed E-state index contributed by atoms with van der Waals surface area (Å²) in [4.78, 5) is 25.3. The second-order valence-corrected chi connectivity index (χ2v) is 8.96. The summed E-state index contributed by atoms with van der Waals surface area (Å²) in [6.07, 6.45) is 0. The van der Waals surface area contributed by atoms with Gasteiger partial charge in [-0.1, -0.05) is 36.0 Å². The molecule has 4 aromatic rings. The number of carbonyl (C=O) groups excluding carboxylic acids is 1. The number of benzene rings is 1. The number of thioether (sulfide) groups is 1. The van der Waals surface area contributed by atoms with E-state index in [2.05, 4.69) is 21.1 Å². The number of rotatable bonds is 7. The lowest BCUT2D eigenvalue weighted by Crippen LogP contribution is -2.30. The highest BCUT2D eigenvalue weighted by Crippen LogP contribution is 2.24. The molecule has 3 heterocycles. The molecular weight excluding hydrogens is 414 g/mol. The minimum Gasteiger partial charge on any atom is -0.334 e. The Morgan fingerprint density at radius 3 is 2.77 bits per heavy atom. The third-order valence-corrected chi connectivity index (χ3v) is 6.55. The Morgan fingerprint density at radius 2 is 2.00 bits per heavy atom. The molecule has 154 valence electrons. The maximum absolute atomic E-state index is 13.2. The maximum Gasteiger partial charge on any atom is 0.254 e. The predicted molar refractivity (Wildman–Crippen MR) is 121 cm³/mol. The number of hydrogen-bond donors (Lipinski definition) is 0. The molecule has 3 aromatic heterocycles. The van der Waals surface area contributed by atoms with E-state index in [-0.39, 0.29) is 5.91 Å². The molecule has 0 atom stereocenters. The molecule has 6 nitrogen and oxygen atoms in total. The van der Waals surface area contributed by atoms with Crippen LogP contribution in [0.5, 0.6) is 0 Å². The summed E-state index contributed by atoms with van der Waals surface area (Å²) < 4.78 is 1.76. The van der Waals surface area contributed by atoms with Crippen molar-refractivity contribution in [1.29, 1.82) is 0 Å². The molecule has 0 spiro atoms. The number of aryl methyl sites for hydroxylation is 2. The Balaban J connectivity index is 1.53. The Kier molecular flexibility index (Phi) is 6.15. The zero-order valence-corrected chi connectivity index (χ0v) is 18.8. The summed E-state index contributed by atoms with van der Waals surface area (Å²) in [5, 5.41) is 7.25. The van der Waals surface area contributed by atoms with Gasteiger partial charge in [0, 0.05) is 34.1 Å². The summed E-state index contributed by atoms with van der Waals surface area (Å²) >= 11 is 3.19. The molecule has 0 bridgehead atoms. The van der Waals surface area contributed by atoms with Crippen LogP contribution in [0.3, 0.4) is 0 Å². The second-order valence-electron chi connectivity index (χ2n) is 6.99. The smallest absolute Gasteiger partial charge is 0.254 e. The molecule has 30 heavy (non-hydrogen) atoms. The van der Waals surface area contributed by atoms with E-state index in [9.17, 15) is 4.79 Å². The maximum atomic E-state index is 13.2. The first-order valence-corrected chi connectivity index (χ1v) is 11.6. The van der Waals surface area contributed by atoms with E-state index in [1.807, 2.05) is 67.4 Å². The van der Waals surface area contributed by atoms with Crippen LogP contribution in [-0.4, -0.2) is 36.9 Å². The van der Waals surface area contributed by atoms with Gasteiger partial charge in [-0.25, -0.2) is 9.50 Å². The molecule has 0 aliphatic heterocycles. The molecule has 0 saturated carbocycles. The summed E-state index contributed by atoms with van der Waals surface area (Å²) in [5.41, 5.74) is 3.64. The number of thiophene rings is 1. The van der Waals surface area contributed by atoms with E-state index in [1.165, 1.54) is 16.6 Å². The van der Waals surface area contributed by atoms with Gasteiger partial charge < -0.3 is 4.90 Å². The van der Waals surface area contributed by atoms with Crippen molar-refractivity contribution >= 4 is 34.8 Å². The number of carbonyl (C=O) groups is 1. The van der Waals surface area contributed by atoms with E-state index in [4.69, 9.17) is 0 Å². The minimum atomic E-state index is 0.0539. The molecule has 0 aliphatic rings. The Hall–Kier alpha value is -2.71. The van der Waals surface area contributed by atoms with Gasteiger partial charge in [0.2, 0.25) is 5.16 Å². The van der Waals surface area contributed by atoms with Gasteiger partial charge in [-0.15, -0.1) is 16.4 Å². The summed E-state index contributed by atoms with van der Waals surface area (Å²) in [7, 11) is 0. The lowest BCUT2D eigenvalue weighted by molar-refractivity contribution is 0.0753. The number of nitrogens with zero attached hydrogens (tertiary/aromatic N) is 5. The van der Waals surface area contributed by atoms with Crippen molar-refractivity contribution in [2.75, 3.05) is 6.54 Å². The quantitative estimate of drug-likeness (QED) is 0.390. The summed E-state index contributed by atoms with van der Waals surface area (Å²) in [6.45, 7) is 7.25. The Bertz CT molecular complexity index is 1170. The van der Waals surface area contributed by atoms with Gasteiger partial charge in [0.25, 0.3) is 11.7 Å². The van der Waals surface area contributed by atoms with E-state index < -0.39 is 0 Å². The van der Waals surface area contributed by atoms with Crippen LogP contribution >= 0.6 is 23.1 Å². The molecule has 4 rings (SSSR count). The zero-order valence-electron chi connectivity index (χ0n) is 17.2. The fraction of sp³-hybridized carbons (Fsp3) is 0.273. The fourth-order valence-electron chi connectivity index (χ4n) is 3.29. The summed E-state index contributed by atoms with van der Waals surface area (Å²) in [5.74, 6) is 1.28. The number of fused-ring (bicyclic) bond motifs is 1. The topological polar surface area (TPSA) is 63.4 Å². The fourth-order valence-corrected chi connectivity index (χ4v) is 4.84. The third kappa shape index (κ3) is 4.39. The van der Waals surface area contributed by atoms with E-state index >= 15 is 0 Å². The van der Waals surface area contributed by atoms with Crippen molar-refractivity contribution in [1.82, 2.24) is 24.5 Å². The largest absolute Gasteiger partial charge is 0.334 e. The Labute approximate surface area is 184 Å². The van der Waals surface area contributed by atoms with E-state index in [0.29, 0.717) is 29.8 Å². The van der Waals surface area contributed by atoms with Crippen molar-refractivity contribution in [2.24, 2.45) is 0 Å². The standard InChI is InChI=1S/C22H23N5OS2/c1-4-26(13-18-9-7-11-29-18)20(28)19-10-6-5-8-17(19)14-30-22-24-21-23-15(2)12-16(3)27(21)25-22/h5-12H,4,13-14H2,1-3H3. The van der Waals surface area contributed by atoms with E-state index in [0.717, 1.165) is 22.5 Å². The van der Waals surface area contributed by atoms with Crippen LogP contribution in [0.2, 0.25) is 0 Å². The average Bonchev–Trinajstić information content (AvgIpc) is 3.40. The molecule has 0 unspecified atom stereocenters. The van der Waals surface area contributed by atoms with Crippen LogP contribution in [0.4, 0.5) is 0 Å². The number of hydrogen-bond acceptors (Lipinski definition) is 6. The van der Waals surface area contributed by atoms with Crippen molar-refractivity contribution in [2.45, 2.75) is 38.2 Å². The number of amides is 1. The first-order chi connectivity index (χ1) is 14.5. The van der Waals surface area contributed by atoms with Crippen LogP contribution in [0, 0.1) is 13.8 Å². The van der Waals surface area contributed by atoms with Gasteiger partial charge in [0.05, 0.1) is 6.54 Å². The number of aromatic nitrogens is 4. The van der Waals surface area contributed by atoms with Crippen LogP contribution in [0.1, 0.15) is 39.1 Å². The van der Waals surface area contributed by atoms with Crippen LogP contribution in [0.25, 0.3) is 5.78 Å². The van der Waals surface area contributed by atoms with Crippen molar-refractivity contribution < 1.29 is 4.79 Å². The zero-order chi connectivity index (χ0) is 21.1. The van der Waals surface area contributed by atoms with Crippen molar-refractivity contribution in [3.8, 4) is 0 Å². The van der Waals surface area contributed by atoms with Crippen molar-refractivity contribution in [3.63, 3.8) is 0 Å². The van der Waals surface area contributed by atoms with Crippen LogP contribution in [0.15, 0.2) is 53.0 Å². The lowest BCUT2D eigenvalue weighted by Gasteiger charge is -2.21. The first kappa shape index (κ1) is 20.6.